The molecule has 116 valence electrons. The van der Waals surface area contributed by atoms with Crippen LogP contribution < -0.4 is 16.0 Å². The van der Waals surface area contributed by atoms with Gasteiger partial charge in [0.15, 0.2) is 5.70 Å². The van der Waals surface area contributed by atoms with E-state index in [4.69, 9.17) is 22.1 Å². The maximum Gasteiger partial charge on any atom is 0.356 e. The number of nitrogens with zero attached hydrogens (tertiary/aromatic N) is 1. The fraction of sp³-hybridized carbons (Fsp3) is 0.200. The molecular weight excluding hydrogens is 306 g/mol. The number of methoxy groups -OCH3 is 1. The highest BCUT2D eigenvalue weighted by atomic mass is 35.5. The largest absolute Gasteiger partial charge is 0.464 e. The van der Waals surface area contributed by atoms with Gasteiger partial charge in [-0.1, -0.05) is 17.7 Å². The number of nitrogens with one attached hydrogen (secondary N) is 1. The Balaban J connectivity index is 2.70. The van der Waals surface area contributed by atoms with Crippen molar-refractivity contribution in [3.63, 3.8) is 0 Å². The third kappa shape index (κ3) is 2.78. The van der Waals surface area contributed by atoms with E-state index in [2.05, 4.69) is 5.32 Å². The Morgan fingerprint density at radius 1 is 1.23 bits per heavy atom. The zero-order valence-electron chi connectivity index (χ0n) is 12.4. The zero-order chi connectivity index (χ0) is 16.4. The first-order valence-corrected chi connectivity index (χ1v) is 6.87. The first-order chi connectivity index (χ1) is 10.4. The average Bonchev–Trinajstić information content (AvgIpc) is 2.45. The molecule has 7 heteroatoms. The number of halogens is 1. The smallest absolute Gasteiger partial charge is 0.356 e. The van der Waals surface area contributed by atoms with Gasteiger partial charge in [-0.2, -0.15) is 0 Å². The van der Waals surface area contributed by atoms with Crippen LogP contribution in [-0.2, 0) is 14.3 Å². The van der Waals surface area contributed by atoms with Gasteiger partial charge in [-0.25, -0.2) is 4.79 Å². The Hall–Kier alpha value is -2.47. The second kappa shape index (κ2) is 6.11. The van der Waals surface area contributed by atoms with Gasteiger partial charge in [0.2, 0.25) is 0 Å². The second-order valence-electron chi connectivity index (χ2n) is 4.74. The number of primary amides is 1. The number of anilines is 1. The van der Waals surface area contributed by atoms with Crippen LogP contribution in [0.1, 0.15) is 13.8 Å². The van der Waals surface area contributed by atoms with Gasteiger partial charge in [0, 0.05) is 22.1 Å². The lowest BCUT2D eigenvalue weighted by molar-refractivity contribution is -0.136. The van der Waals surface area contributed by atoms with Gasteiger partial charge in [-0.15, -0.1) is 0 Å². The number of nitrogens with two attached hydrogens (primary N) is 1. The Morgan fingerprint density at radius 3 is 2.41 bits per heavy atom. The second-order valence-corrected chi connectivity index (χ2v) is 5.18. The maximum absolute atomic E-state index is 12.2. The van der Waals surface area contributed by atoms with E-state index in [-0.39, 0.29) is 11.4 Å². The molecule has 1 aliphatic rings. The summed E-state index contributed by atoms with van der Waals surface area (Å²) in [6.07, 6.45) is 0. The van der Waals surface area contributed by atoms with Gasteiger partial charge in [0.25, 0.3) is 5.91 Å². The molecule has 22 heavy (non-hydrogen) atoms. The number of allylic oxidation sites excluding steroid dienone is 2. The molecular formula is C15H16ClN3O3. The molecule has 1 heterocycles. The van der Waals surface area contributed by atoms with Gasteiger partial charge >= 0.3 is 5.97 Å². The van der Waals surface area contributed by atoms with Crippen molar-refractivity contribution in [3.05, 3.63) is 52.1 Å². The topological polar surface area (TPSA) is 84.7 Å². The van der Waals surface area contributed by atoms with E-state index in [0.717, 1.165) is 0 Å². The number of hydrogen-bond acceptors (Lipinski definition) is 5. The predicted octanol–water partition coefficient (Wildman–Crippen LogP) is 1.87. The summed E-state index contributed by atoms with van der Waals surface area (Å²) in [5.41, 5.74) is 7.46. The molecule has 1 aliphatic heterocycles. The number of carbonyl (C=O) groups is 2. The van der Waals surface area contributed by atoms with Crippen molar-refractivity contribution in [2.24, 2.45) is 5.73 Å². The fourth-order valence-corrected chi connectivity index (χ4v) is 2.54. The van der Waals surface area contributed by atoms with Gasteiger partial charge in [0.1, 0.15) is 5.70 Å². The molecule has 1 amide bonds. The lowest BCUT2D eigenvalue weighted by Gasteiger charge is -2.33. The summed E-state index contributed by atoms with van der Waals surface area (Å²) in [4.78, 5) is 25.5. The van der Waals surface area contributed by atoms with Crippen molar-refractivity contribution in [2.45, 2.75) is 13.8 Å². The van der Waals surface area contributed by atoms with Gasteiger partial charge in [-0.3, -0.25) is 9.69 Å². The normalized spacial score (nSPS) is 14.8. The van der Waals surface area contributed by atoms with Gasteiger partial charge in [0.05, 0.1) is 7.11 Å². The number of amides is 1. The molecule has 0 atom stereocenters. The summed E-state index contributed by atoms with van der Waals surface area (Å²) in [7, 11) is 1.27. The molecule has 0 aliphatic carbocycles. The van der Waals surface area contributed by atoms with Crippen LogP contribution in [0.25, 0.3) is 0 Å². The summed E-state index contributed by atoms with van der Waals surface area (Å²) in [5, 5.41) is 3.44. The highest BCUT2D eigenvalue weighted by Crippen LogP contribution is 2.32. The standard InChI is InChI=1S/C15H16ClN3O3/c1-8-12(14(17)20)19(11-6-4-5-10(16)7-11)13(9(2)18-8)15(21)22-3/h4-7,18H,1-3H3,(H2,17,20). The molecule has 6 nitrogen and oxygen atoms in total. The minimum absolute atomic E-state index is 0.160. The van der Waals surface area contributed by atoms with Crippen LogP contribution in [-0.4, -0.2) is 19.0 Å². The van der Waals surface area contributed by atoms with E-state index in [1.165, 1.54) is 12.0 Å². The molecule has 0 aromatic heterocycles. The quantitative estimate of drug-likeness (QED) is 0.830. The van der Waals surface area contributed by atoms with E-state index in [1.807, 2.05) is 0 Å². The summed E-state index contributed by atoms with van der Waals surface area (Å²) in [6, 6.07) is 6.78. The molecule has 0 saturated carbocycles. The third-order valence-electron chi connectivity index (χ3n) is 3.21. The molecule has 0 fully saturated rings. The molecule has 2 rings (SSSR count). The lowest BCUT2D eigenvalue weighted by atomic mass is 10.1. The van der Waals surface area contributed by atoms with Crippen LogP contribution >= 0.6 is 11.6 Å². The van der Waals surface area contributed by atoms with Crippen molar-refractivity contribution >= 4 is 29.2 Å². The molecule has 0 radical (unpaired) electrons. The Morgan fingerprint density at radius 2 is 1.86 bits per heavy atom. The van der Waals surface area contributed by atoms with E-state index in [1.54, 1.807) is 38.1 Å². The SMILES string of the molecule is COC(=O)C1=C(C)NC(C)=C(C(N)=O)N1c1cccc(Cl)c1. The van der Waals surface area contributed by atoms with Crippen LogP contribution in [0, 0.1) is 0 Å². The molecule has 1 aromatic carbocycles. The Kier molecular flexibility index (Phi) is 4.42. The Labute approximate surface area is 133 Å². The van der Waals surface area contributed by atoms with E-state index in [9.17, 15) is 9.59 Å². The number of rotatable bonds is 3. The van der Waals surface area contributed by atoms with E-state index in [0.29, 0.717) is 22.1 Å². The van der Waals surface area contributed by atoms with Crippen LogP contribution in [0.5, 0.6) is 0 Å². The predicted molar refractivity (Wildman–Crippen MR) is 83.7 cm³/mol. The summed E-state index contributed by atoms with van der Waals surface area (Å²) in [6.45, 7) is 3.42. The fourth-order valence-electron chi connectivity index (χ4n) is 2.36. The molecule has 0 unspecified atom stereocenters. The van der Waals surface area contributed by atoms with E-state index >= 15 is 0 Å². The number of hydrogen-bond donors (Lipinski definition) is 2. The highest BCUT2D eigenvalue weighted by Gasteiger charge is 2.33. The van der Waals surface area contributed by atoms with Crippen LogP contribution in [0.2, 0.25) is 5.02 Å². The van der Waals surface area contributed by atoms with E-state index < -0.39 is 11.9 Å². The highest BCUT2D eigenvalue weighted by molar-refractivity contribution is 6.30. The summed E-state index contributed by atoms with van der Waals surface area (Å²) in [5.74, 6) is -1.25. The minimum atomic E-state index is -0.668. The third-order valence-corrected chi connectivity index (χ3v) is 3.45. The lowest BCUT2D eigenvalue weighted by Crippen LogP contribution is -2.42. The number of ether oxygens (including phenoxy) is 1. The van der Waals surface area contributed by atoms with Crippen molar-refractivity contribution in [3.8, 4) is 0 Å². The summed E-state index contributed by atoms with van der Waals surface area (Å²) >= 11 is 6.02. The van der Waals surface area contributed by atoms with Gasteiger partial charge in [-0.05, 0) is 32.0 Å². The first kappa shape index (κ1) is 15.9. The van der Waals surface area contributed by atoms with Crippen molar-refractivity contribution in [1.29, 1.82) is 0 Å². The number of benzene rings is 1. The molecule has 1 aromatic rings. The van der Waals surface area contributed by atoms with Crippen molar-refractivity contribution in [2.75, 3.05) is 12.0 Å². The zero-order valence-corrected chi connectivity index (χ0v) is 13.2. The van der Waals surface area contributed by atoms with Crippen molar-refractivity contribution in [1.82, 2.24) is 5.32 Å². The molecule has 3 N–H and O–H groups in total. The average molecular weight is 322 g/mol. The minimum Gasteiger partial charge on any atom is -0.464 e. The monoisotopic (exact) mass is 321 g/mol. The van der Waals surface area contributed by atoms with Crippen molar-refractivity contribution < 1.29 is 14.3 Å². The molecule has 0 saturated heterocycles. The van der Waals surface area contributed by atoms with Crippen LogP contribution in [0.3, 0.4) is 0 Å². The molecule has 0 spiro atoms. The van der Waals surface area contributed by atoms with Crippen LogP contribution in [0.15, 0.2) is 47.1 Å². The van der Waals surface area contributed by atoms with Gasteiger partial charge < -0.3 is 15.8 Å². The maximum atomic E-state index is 12.2. The molecule has 0 bridgehead atoms. The number of carbonyl (C=O) groups excluding carboxylic acids is 2. The van der Waals surface area contributed by atoms with Crippen LogP contribution in [0.4, 0.5) is 5.69 Å². The Bertz CT molecular complexity index is 710. The summed E-state index contributed by atoms with van der Waals surface area (Å²) < 4.78 is 4.82. The number of esters is 1. The first-order valence-electron chi connectivity index (χ1n) is 6.49.